The van der Waals surface area contributed by atoms with Crippen LogP contribution in [0.2, 0.25) is 0 Å². The maximum Gasteiger partial charge on any atom is 0.403 e. The van der Waals surface area contributed by atoms with E-state index in [9.17, 15) is 13.2 Å². The second-order valence-corrected chi connectivity index (χ2v) is 4.53. The molecule has 0 saturated carbocycles. The first kappa shape index (κ1) is 10.7. The van der Waals surface area contributed by atoms with Crippen LogP contribution in [-0.4, -0.2) is 14.4 Å². The van der Waals surface area contributed by atoms with Crippen molar-refractivity contribution < 1.29 is 17.4 Å². The largest absolute Gasteiger partial charge is 0.403 e. The standard InChI is InChI=1S/C5H9ClO4S/c1-4(2)3-5(7)10-11(6,8)9/h4H,3H2,1-2H3. The van der Waals surface area contributed by atoms with E-state index in [1.807, 2.05) is 0 Å². The Morgan fingerprint density at radius 3 is 2.27 bits per heavy atom. The van der Waals surface area contributed by atoms with Crippen molar-refractivity contribution in [3.8, 4) is 0 Å². The van der Waals surface area contributed by atoms with Gasteiger partial charge < -0.3 is 4.18 Å². The Labute approximate surface area is 70.1 Å². The van der Waals surface area contributed by atoms with Crippen LogP contribution in [0.4, 0.5) is 0 Å². The van der Waals surface area contributed by atoms with Crippen molar-refractivity contribution in [2.24, 2.45) is 5.92 Å². The maximum atomic E-state index is 10.6. The molecule has 11 heavy (non-hydrogen) atoms. The van der Waals surface area contributed by atoms with Crippen molar-refractivity contribution in [3.05, 3.63) is 0 Å². The van der Waals surface area contributed by atoms with Crippen LogP contribution >= 0.6 is 10.7 Å². The van der Waals surface area contributed by atoms with Gasteiger partial charge in [0.2, 0.25) is 0 Å². The van der Waals surface area contributed by atoms with Crippen LogP contribution in [0.25, 0.3) is 0 Å². The van der Waals surface area contributed by atoms with Crippen LogP contribution in [0.3, 0.4) is 0 Å². The highest BCUT2D eigenvalue weighted by Crippen LogP contribution is 2.06. The minimum absolute atomic E-state index is 0.0476. The first-order chi connectivity index (χ1) is 4.81. The van der Waals surface area contributed by atoms with Crippen molar-refractivity contribution in [1.29, 1.82) is 0 Å². The average molecular weight is 201 g/mol. The average Bonchev–Trinajstić information content (AvgIpc) is 1.53. The smallest absolute Gasteiger partial charge is 0.334 e. The van der Waals surface area contributed by atoms with Gasteiger partial charge in [0.1, 0.15) is 0 Å². The molecule has 0 saturated heterocycles. The predicted octanol–water partition coefficient (Wildman–Crippen LogP) is 1.06. The minimum atomic E-state index is -4.15. The van der Waals surface area contributed by atoms with Crippen LogP contribution in [0.15, 0.2) is 0 Å². The first-order valence-corrected chi connectivity index (χ1v) is 5.21. The fourth-order valence-corrected chi connectivity index (χ4v) is 0.979. The molecule has 0 aliphatic heterocycles. The molecular weight excluding hydrogens is 192 g/mol. The van der Waals surface area contributed by atoms with Gasteiger partial charge in [-0.25, -0.2) is 0 Å². The van der Waals surface area contributed by atoms with Crippen LogP contribution in [0.5, 0.6) is 0 Å². The van der Waals surface area contributed by atoms with E-state index in [1.54, 1.807) is 13.8 Å². The molecule has 6 heteroatoms. The molecule has 0 N–H and O–H groups in total. The molecule has 0 fully saturated rings. The molecule has 0 spiro atoms. The van der Waals surface area contributed by atoms with Gasteiger partial charge in [-0.1, -0.05) is 13.8 Å². The van der Waals surface area contributed by atoms with Crippen LogP contribution in [-0.2, 0) is 18.3 Å². The third kappa shape index (κ3) is 7.61. The third-order valence-corrected chi connectivity index (χ3v) is 1.34. The number of rotatable bonds is 3. The second kappa shape index (κ2) is 3.92. The van der Waals surface area contributed by atoms with Gasteiger partial charge in [-0.2, -0.15) is 8.42 Å². The molecule has 66 valence electrons. The maximum absolute atomic E-state index is 10.6. The van der Waals surface area contributed by atoms with Gasteiger partial charge in [-0.3, -0.25) is 4.79 Å². The van der Waals surface area contributed by atoms with E-state index in [2.05, 4.69) is 14.9 Å². The van der Waals surface area contributed by atoms with Crippen molar-refractivity contribution in [2.75, 3.05) is 0 Å². The van der Waals surface area contributed by atoms with E-state index < -0.39 is 15.3 Å². The summed E-state index contributed by atoms with van der Waals surface area (Å²) in [4.78, 5) is 10.6. The Balaban J connectivity index is 3.91. The molecule has 0 aromatic carbocycles. The summed E-state index contributed by atoms with van der Waals surface area (Å²) in [6.45, 7) is 3.53. The number of hydrogen-bond donors (Lipinski definition) is 0. The lowest BCUT2D eigenvalue weighted by Gasteiger charge is -2.01. The Kier molecular flexibility index (Phi) is 3.82. The normalized spacial score (nSPS) is 11.6. The third-order valence-electron chi connectivity index (χ3n) is 0.767. The summed E-state index contributed by atoms with van der Waals surface area (Å²) in [5, 5.41) is 0. The summed E-state index contributed by atoms with van der Waals surface area (Å²) in [7, 11) is 0.494. The second-order valence-electron chi connectivity index (χ2n) is 2.45. The molecule has 0 amide bonds. The Bertz CT molecular complexity index is 231. The molecule has 0 bridgehead atoms. The summed E-state index contributed by atoms with van der Waals surface area (Å²) in [5.74, 6) is -0.768. The van der Waals surface area contributed by atoms with E-state index in [0.717, 1.165) is 0 Å². The lowest BCUT2D eigenvalue weighted by molar-refractivity contribution is -0.134. The summed E-state index contributed by atoms with van der Waals surface area (Å²) < 4.78 is 24.1. The Morgan fingerprint density at radius 1 is 1.55 bits per heavy atom. The van der Waals surface area contributed by atoms with Gasteiger partial charge in [-0.15, -0.1) is 0 Å². The monoisotopic (exact) mass is 200 g/mol. The SMILES string of the molecule is CC(C)CC(=O)OS(=O)(=O)Cl. The van der Waals surface area contributed by atoms with Crippen LogP contribution in [0.1, 0.15) is 20.3 Å². The quantitative estimate of drug-likeness (QED) is 0.640. The molecule has 0 atom stereocenters. The lowest BCUT2D eigenvalue weighted by atomic mass is 10.1. The van der Waals surface area contributed by atoms with Gasteiger partial charge in [0.05, 0.1) is 10.7 Å². The van der Waals surface area contributed by atoms with Gasteiger partial charge >= 0.3 is 15.3 Å². The predicted molar refractivity (Wildman–Crippen MR) is 40.3 cm³/mol. The van der Waals surface area contributed by atoms with Crippen LogP contribution < -0.4 is 0 Å². The molecule has 0 aliphatic rings. The molecule has 0 heterocycles. The molecule has 0 unspecified atom stereocenters. The fourth-order valence-electron chi connectivity index (χ4n) is 0.478. The highest BCUT2D eigenvalue weighted by Gasteiger charge is 2.14. The van der Waals surface area contributed by atoms with E-state index >= 15 is 0 Å². The molecule has 0 aromatic rings. The summed E-state index contributed by atoms with van der Waals surface area (Å²) in [6, 6.07) is 0. The number of hydrogen-bond acceptors (Lipinski definition) is 4. The van der Waals surface area contributed by atoms with E-state index in [1.165, 1.54) is 0 Å². The van der Waals surface area contributed by atoms with E-state index in [0.29, 0.717) is 0 Å². The van der Waals surface area contributed by atoms with Crippen molar-refractivity contribution >= 4 is 26.0 Å². The zero-order chi connectivity index (χ0) is 9.07. The number of carbonyl (C=O) groups excluding carboxylic acids is 1. The summed E-state index contributed by atoms with van der Waals surface area (Å²) >= 11 is 0. The highest BCUT2D eigenvalue weighted by molar-refractivity contribution is 8.10. The molecular formula is C5H9ClO4S. The highest BCUT2D eigenvalue weighted by atomic mass is 35.7. The summed E-state index contributed by atoms with van der Waals surface area (Å²) in [6.07, 6.45) is 0.0476. The molecule has 4 nitrogen and oxygen atoms in total. The van der Waals surface area contributed by atoms with Crippen molar-refractivity contribution in [3.63, 3.8) is 0 Å². The van der Waals surface area contributed by atoms with Gasteiger partial charge in [0, 0.05) is 6.42 Å². The molecule has 0 radical (unpaired) electrons. The molecule has 0 rings (SSSR count). The zero-order valence-corrected chi connectivity index (χ0v) is 7.78. The lowest BCUT2D eigenvalue weighted by Crippen LogP contribution is -2.10. The van der Waals surface area contributed by atoms with Gasteiger partial charge in [-0.05, 0) is 5.92 Å². The van der Waals surface area contributed by atoms with Gasteiger partial charge in [0.25, 0.3) is 0 Å². The number of halogens is 1. The summed E-state index contributed by atoms with van der Waals surface area (Å²) in [5.41, 5.74) is 0. The first-order valence-electron chi connectivity index (χ1n) is 2.98. The minimum Gasteiger partial charge on any atom is -0.334 e. The molecule has 0 aromatic heterocycles. The van der Waals surface area contributed by atoms with E-state index in [4.69, 9.17) is 0 Å². The number of carbonyl (C=O) groups is 1. The van der Waals surface area contributed by atoms with Gasteiger partial charge in [0.15, 0.2) is 0 Å². The van der Waals surface area contributed by atoms with Crippen molar-refractivity contribution in [1.82, 2.24) is 0 Å². The zero-order valence-electron chi connectivity index (χ0n) is 6.20. The van der Waals surface area contributed by atoms with E-state index in [-0.39, 0.29) is 12.3 Å². The van der Waals surface area contributed by atoms with Crippen LogP contribution in [0, 0.1) is 5.92 Å². The Morgan fingerprint density at radius 2 is 2.00 bits per heavy atom. The Hall–Kier alpha value is -0.290. The fraction of sp³-hybridized carbons (Fsp3) is 0.800. The molecule has 0 aliphatic carbocycles. The van der Waals surface area contributed by atoms with Crippen molar-refractivity contribution in [2.45, 2.75) is 20.3 Å². The topological polar surface area (TPSA) is 60.4 Å².